The number of urea groups is 1. The summed E-state index contributed by atoms with van der Waals surface area (Å²) in [4.78, 5) is 32.7. The van der Waals surface area contributed by atoms with Gasteiger partial charge >= 0.3 is 6.03 Å². The van der Waals surface area contributed by atoms with E-state index in [1.54, 1.807) is 29.2 Å². The van der Waals surface area contributed by atoms with Gasteiger partial charge in [-0.1, -0.05) is 42.5 Å². The number of methoxy groups -OCH3 is 2. The number of hydrogen-bond acceptors (Lipinski definition) is 9. The molecule has 3 aromatic carbocycles. The minimum Gasteiger partial charge on any atom is -0.504 e. The quantitative estimate of drug-likeness (QED) is 0.234. The molecular formula is C36H46N4O8. The lowest BCUT2D eigenvalue weighted by molar-refractivity contribution is -0.147. The van der Waals surface area contributed by atoms with Crippen LogP contribution in [-0.4, -0.2) is 113 Å². The molecule has 3 aromatic rings. The van der Waals surface area contributed by atoms with Crippen molar-refractivity contribution < 1.29 is 39.1 Å². The van der Waals surface area contributed by atoms with Gasteiger partial charge in [0.05, 0.1) is 52.7 Å². The van der Waals surface area contributed by atoms with Crippen LogP contribution in [0, 0.1) is 0 Å². The number of ether oxygens (including phenoxy) is 3. The van der Waals surface area contributed by atoms with Crippen LogP contribution in [0.2, 0.25) is 0 Å². The third-order valence-electron chi connectivity index (χ3n) is 8.93. The van der Waals surface area contributed by atoms with Crippen molar-refractivity contribution in [3.05, 3.63) is 83.4 Å². The number of phenols is 2. The maximum atomic E-state index is 14.8. The summed E-state index contributed by atoms with van der Waals surface area (Å²) in [6.45, 7) is 4.01. The van der Waals surface area contributed by atoms with E-state index < -0.39 is 18.2 Å². The van der Waals surface area contributed by atoms with Crippen molar-refractivity contribution in [2.45, 2.75) is 50.9 Å². The number of aliphatic hydroxyl groups is 1. The Morgan fingerprint density at radius 2 is 1.48 bits per heavy atom. The molecule has 0 aliphatic carbocycles. The highest BCUT2D eigenvalue weighted by Crippen LogP contribution is 2.31. The summed E-state index contributed by atoms with van der Waals surface area (Å²) in [7, 11) is 2.90. The van der Waals surface area contributed by atoms with Crippen LogP contribution < -0.4 is 9.47 Å². The second kappa shape index (κ2) is 16.5. The molecule has 3 N–H and O–H groups in total. The summed E-state index contributed by atoms with van der Waals surface area (Å²) < 4.78 is 16.1. The number of aliphatic hydroxyl groups excluding tert-OH is 1. The summed E-state index contributed by atoms with van der Waals surface area (Å²) in [5, 5.41) is 35.1. The van der Waals surface area contributed by atoms with E-state index >= 15 is 0 Å². The molecule has 2 aliphatic rings. The van der Waals surface area contributed by atoms with Crippen molar-refractivity contribution in [1.82, 2.24) is 19.8 Å². The minimum absolute atomic E-state index is 0.00479. The van der Waals surface area contributed by atoms with Crippen LogP contribution in [0.4, 0.5) is 4.79 Å². The molecular weight excluding hydrogens is 616 g/mol. The zero-order chi connectivity index (χ0) is 34.0. The van der Waals surface area contributed by atoms with Crippen LogP contribution in [0.1, 0.15) is 36.0 Å². The molecule has 48 heavy (non-hydrogen) atoms. The van der Waals surface area contributed by atoms with E-state index in [0.717, 1.165) is 31.6 Å². The Labute approximate surface area is 281 Å². The van der Waals surface area contributed by atoms with Crippen molar-refractivity contribution in [1.29, 1.82) is 0 Å². The van der Waals surface area contributed by atoms with Gasteiger partial charge < -0.3 is 34.4 Å². The Kier molecular flexibility index (Phi) is 12.0. The fraction of sp³-hybridized carbons (Fsp3) is 0.444. The summed E-state index contributed by atoms with van der Waals surface area (Å²) in [5.74, 6) is 0.167. The number of unbranched alkanes of at least 4 members (excludes halogenated alkanes) is 1. The first-order valence-corrected chi connectivity index (χ1v) is 16.4. The van der Waals surface area contributed by atoms with Crippen LogP contribution in [0.25, 0.3) is 0 Å². The van der Waals surface area contributed by atoms with Gasteiger partial charge in [-0.15, -0.1) is 0 Å². The van der Waals surface area contributed by atoms with Gasteiger partial charge in [-0.2, -0.15) is 0 Å². The minimum atomic E-state index is -1.08. The van der Waals surface area contributed by atoms with Crippen molar-refractivity contribution >= 4 is 11.9 Å². The molecule has 2 fully saturated rings. The first-order chi connectivity index (χ1) is 23.3. The van der Waals surface area contributed by atoms with E-state index in [9.17, 15) is 24.9 Å². The number of hydrazine groups is 1. The zero-order valence-corrected chi connectivity index (χ0v) is 27.7. The number of amides is 3. The van der Waals surface area contributed by atoms with Crippen LogP contribution in [-0.2, 0) is 29.0 Å². The number of morpholine rings is 1. The number of rotatable bonds is 13. The van der Waals surface area contributed by atoms with Gasteiger partial charge in [-0.25, -0.2) is 14.8 Å². The third kappa shape index (κ3) is 8.68. The summed E-state index contributed by atoms with van der Waals surface area (Å²) in [6.07, 6.45) is 0.924. The molecule has 258 valence electrons. The standard InChI is InChI=1S/C36H46N4O8/c1-46-33-21-27(11-13-30(33)41)23-38-29(20-26-8-4-3-5-9-26)32(43)25-39(35(44)10-6-7-15-37-16-18-48-19-17-37)40(36(38)45)24-28-12-14-31(42)34(22-28)47-2/h3-5,8-9,11-14,21-22,29,32,41-43H,6-7,10,15-20,23-25H2,1-2H3/t29-,32-/m1/s1. The molecule has 0 spiro atoms. The van der Waals surface area contributed by atoms with Crippen molar-refractivity contribution in [2.75, 3.05) is 53.6 Å². The average Bonchev–Trinajstić information content (AvgIpc) is 3.19. The van der Waals surface area contributed by atoms with E-state index in [4.69, 9.17) is 14.2 Å². The number of nitrogens with zero attached hydrogens (tertiary/aromatic N) is 4. The predicted molar refractivity (Wildman–Crippen MR) is 179 cm³/mol. The number of phenolic OH excluding ortho intramolecular Hbond substituents is 2. The number of aromatic hydroxyl groups is 2. The molecule has 0 radical (unpaired) electrons. The summed E-state index contributed by atoms with van der Waals surface area (Å²) in [6, 6.07) is 18.1. The Bertz CT molecular complexity index is 1520. The number of carbonyl (C=O) groups excluding carboxylic acids is 2. The highest BCUT2D eigenvalue weighted by molar-refractivity contribution is 5.82. The van der Waals surface area contributed by atoms with E-state index in [1.807, 2.05) is 30.3 Å². The highest BCUT2D eigenvalue weighted by Gasteiger charge is 2.42. The molecule has 0 bridgehead atoms. The SMILES string of the molecule is COc1cc(CN2C(=O)N(Cc3ccc(O)c(OC)c3)N(C(=O)CCCCN3CCOCC3)C[C@@H](O)[C@H]2Cc2ccccc2)ccc1O. The van der Waals surface area contributed by atoms with Crippen molar-refractivity contribution in [3.8, 4) is 23.0 Å². The van der Waals surface area contributed by atoms with Gasteiger partial charge in [0.25, 0.3) is 0 Å². The summed E-state index contributed by atoms with van der Waals surface area (Å²) >= 11 is 0. The second-order valence-electron chi connectivity index (χ2n) is 12.2. The van der Waals surface area contributed by atoms with Gasteiger partial charge in [-0.3, -0.25) is 9.69 Å². The second-order valence-corrected chi connectivity index (χ2v) is 12.2. The third-order valence-corrected chi connectivity index (χ3v) is 8.93. The lowest BCUT2D eigenvalue weighted by Gasteiger charge is -2.36. The number of β-amino-alcohol motifs (C(OH)–C–C–N with tert-alkyl or cyclic N) is 1. The Morgan fingerprint density at radius 3 is 2.10 bits per heavy atom. The fourth-order valence-corrected chi connectivity index (χ4v) is 6.25. The highest BCUT2D eigenvalue weighted by atomic mass is 16.5. The first kappa shape index (κ1) is 34.8. The molecule has 0 saturated carbocycles. The molecule has 2 atom stereocenters. The maximum absolute atomic E-state index is 14.8. The van der Waals surface area contributed by atoms with E-state index in [0.29, 0.717) is 37.2 Å². The van der Waals surface area contributed by atoms with Crippen molar-refractivity contribution in [2.24, 2.45) is 0 Å². The maximum Gasteiger partial charge on any atom is 0.339 e. The van der Waals surface area contributed by atoms with Crippen LogP contribution in [0.15, 0.2) is 66.7 Å². The van der Waals surface area contributed by atoms with E-state index in [2.05, 4.69) is 4.90 Å². The topological polar surface area (TPSA) is 135 Å². The molecule has 2 aliphatic heterocycles. The first-order valence-electron chi connectivity index (χ1n) is 16.4. The van der Waals surface area contributed by atoms with Crippen LogP contribution >= 0.6 is 0 Å². The van der Waals surface area contributed by atoms with E-state index in [-0.39, 0.29) is 55.0 Å². The monoisotopic (exact) mass is 662 g/mol. The van der Waals surface area contributed by atoms with E-state index in [1.165, 1.54) is 36.4 Å². The predicted octanol–water partition coefficient (Wildman–Crippen LogP) is 3.77. The molecule has 2 heterocycles. The van der Waals surface area contributed by atoms with Gasteiger partial charge in [-0.05, 0) is 66.8 Å². The number of benzene rings is 3. The summed E-state index contributed by atoms with van der Waals surface area (Å²) in [5.41, 5.74) is 2.24. The smallest absolute Gasteiger partial charge is 0.339 e. The fourth-order valence-electron chi connectivity index (χ4n) is 6.25. The van der Waals surface area contributed by atoms with Crippen molar-refractivity contribution in [3.63, 3.8) is 0 Å². The molecule has 0 unspecified atom stereocenters. The molecule has 5 rings (SSSR count). The average molecular weight is 663 g/mol. The largest absolute Gasteiger partial charge is 0.504 e. The lowest BCUT2D eigenvalue weighted by atomic mass is 9.99. The van der Waals surface area contributed by atoms with Crippen LogP contribution in [0.5, 0.6) is 23.0 Å². The molecule has 0 aromatic heterocycles. The van der Waals surface area contributed by atoms with Crippen LogP contribution in [0.3, 0.4) is 0 Å². The molecule has 2 saturated heterocycles. The van der Waals surface area contributed by atoms with Gasteiger partial charge in [0.2, 0.25) is 5.91 Å². The number of carbonyl (C=O) groups is 2. The lowest BCUT2D eigenvalue weighted by Crippen LogP contribution is -2.52. The Balaban J connectivity index is 1.47. The molecule has 12 nitrogen and oxygen atoms in total. The molecule has 12 heteroatoms. The zero-order valence-electron chi connectivity index (χ0n) is 27.7. The number of hydrogen-bond donors (Lipinski definition) is 3. The Hall–Kier alpha value is -4.52. The van der Waals surface area contributed by atoms with Gasteiger partial charge in [0, 0.05) is 26.1 Å². The molecule has 3 amide bonds. The Morgan fingerprint density at radius 1 is 0.854 bits per heavy atom. The van der Waals surface area contributed by atoms with Gasteiger partial charge in [0.1, 0.15) is 0 Å². The van der Waals surface area contributed by atoms with Gasteiger partial charge in [0.15, 0.2) is 23.0 Å². The normalized spacial score (nSPS) is 18.9.